The van der Waals surface area contributed by atoms with E-state index < -0.39 is 9.84 Å². The zero-order valence-corrected chi connectivity index (χ0v) is 10.3. The summed E-state index contributed by atoms with van der Waals surface area (Å²) in [6.45, 7) is 3.00. The minimum absolute atomic E-state index is 0.326. The van der Waals surface area contributed by atoms with Crippen LogP contribution in [0.15, 0.2) is 0 Å². The highest BCUT2D eigenvalue weighted by Crippen LogP contribution is 2.34. The van der Waals surface area contributed by atoms with Gasteiger partial charge in [0.15, 0.2) is 0 Å². The summed E-state index contributed by atoms with van der Waals surface area (Å²) in [7, 11) is -2.79. The molecule has 0 aromatic rings. The third-order valence-electron chi connectivity index (χ3n) is 3.70. The molecule has 1 aliphatic carbocycles. The topological polar surface area (TPSA) is 37.4 Å². The smallest absolute Gasteiger partial charge is 0.148 e. The molecule has 2 bridgehead atoms. The van der Waals surface area contributed by atoms with Gasteiger partial charge in [0, 0.05) is 25.9 Å². The molecule has 1 heterocycles. The Morgan fingerprint density at radius 2 is 1.80 bits per heavy atom. The van der Waals surface area contributed by atoms with Crippen molar-refractivity contribution in [2.45, 2.75) is 25.7 Å². The van der Waals surface area contributed by atoms with Gasteiger partial charge < -0.3 is 4.90 Å². The highest BCUT2D eigenvalue weighted by atomic mass is 32.2. The largest absolute Gasteiger partial charge is 0.302 e. The second kappa shape index (κ2) is 4.42. The van der Waals surface area contributed by atoms with Gasteiger partial charge in [0.25, 0.3) is 0 Å². The van der Waals surface area contributed by atoms with E-state index in [2.05, 4.69) is 4.90 Å². The predicted octanol–water partition coefficient (Wildman–Crippen LogP) is 1.15. The Kier molecular flexibility index (Phi) is 3.36. The number of likely N-dealkylation sites (tertiary alicyclic amines) is 1. The van der Waals surface area contributed by atoms with Gasteiger partial charge in [-0.2, -0.15) is 0 Å². The molecule has 0 unspecified atom stereocenters. The van der Waals surface area contributed by atoms with Crippen LogP contribution in [0.2, 0.25) is 0 Å². The van der Waals surface area contributed by atoms with Gasteiger partial charge in [0.1, 0.15) is 9.84 Å². The van der Waals surface area contributed by atoms with Crippen LogP contribution in [0.25, 0.3) is 0 Å². The fourth-order valence-electron chi connectivity index (χ4n) is 3.02. The fraction of sp³-hybridized carbons (Fsp3) is 1.00. The maximum Gasteiger partial charge on any atom is 0.148 e. The average molecular weight is 231 g/mol. The monoisotopic (exact) mass is 231 g/mol. The number of piperidine rings is 1. The van der Waals surface area contributed by atoms with E-state index in [-0.39, 0.29) is 0 Å². The Labute approximate surface area is 92.8 Å². The van der Waals surface area contributed by atoms with Crippen LogP contribution < -0.4 is 0 Å². The van der Waals surface area contributed by atoms with Crippen molar-refractivity contribution >= 4 is 9.84 Å². The zero-order chi connectivity index (χ0) is 10.9. The van der Waals surface area contributed by atoms with Crippen LogP contribution in [-0.4, -0.2) is 45.0 Å². The minimum atomic E-state index is -2.79. The van der Waals surface area contributed by atoms with Crippen LogP contribution in [0.1, 0.15) is 25.7 Å². The molecule has 1 saturated carbocycles. The van der Waals surface area contributed by atoms with Gasteiger partial charge in [0.2, 0.25) is 0 Å². The van der Waals surface area contributed by atoms with E-state index >= 15 is 0 Å². The maximum atomic E-state index is 11.1. The van der Waals surface area contributed by atoms with Crippen molar-refractivity contribution in [2.75, 3.05) is 31.6 Å². The van der Waals surface area contributed by atoms with Crippen LogP contribution in [0.4, 0.5) is 0 Å². The number of hydrogen-bond acceptors (Lipinski definition) is 3. The maximum absolute atomic E-state index is 11.1. The van der Waals surface area contributed by atoms with Crippen LogP contribution in [0.5, 0.6) is 0 Å². The molecule has 2 fully saturated rings. The molecule has 3 nitrogen and oxygen atoms in total. The van der Waals surface area contributed by atoms with Gasteiger partial charge in [-0.3, -0.25) is 0 Å². The van der Waals surface area contributed by atoms with Crippen LogP contribution >= 0.6 is 0 Å². The summed E-state index contributed by atoms with van der Waals surface area (Å²) in [6, 6.07) is 0. The van der Waals surface area contributed by atoms with Crippen molar-refractivity contribution in [1.29, 1.82) is 0 Å². The molecule has 0 aromatic carbocycles. The highest BCUT2D eigenvalue weighted by Gasteiger charge is 2.30. The Morgan fingerprint density at radius 1 is 1.20 bits per heavy atom. The van der Waals surface area contributed by atoms with Gasteiger partial charge in [-0.25, -0.2) is 8.42 Å². The van der Waals surface area contributed by atoms with E-state index in [1.165, 1.54) is 31.9 Å². The lowest BCUT2D eigenvalue weighted by atomic mass is 9.78. The molecule has 0 spiro atoms. The lowest BCUT2D eigenvalue weighted by Crippen LogP contribution is -2.44. The normalized spacial score (nSPS) is 32.9. The first-order valence-corrected chi connectivity index (χ1v) is 7.99. The number of rotatable bonds is 3. The van der Waals surface area contributed by atoms with Crippen molar-refractivity contribution < 1.29 is 8.42 Å². The van der Waals surface area contributed by atoms with Crippen molar-refractivity contribution in [3.05, 3.63) is 0 Å². The molecule has 1 aliphatic heterocycles. The van der Waals surface area contributed by atoms with Gasteiger partial charge in [-0.1, -0.05) is 6.42 Å². The van der Waals surface area contributed by atoms with E-state index in [9.17, 15) is 8.42 Å². The molecule has 0 amide bonds. The predicted molar refractivity (Wildman–Crippen MR) is 61.6 cm³/mol. The molecule has 88 valence electrons. The number of fused-ring (bicyclic) bond motifs is 2. The van der Waals surface area contributed by atoms with Crippen LogP contribution in [-0.2, 0) is 9.84 Å². The first-order valence-electron chi connectivity index (χ1n) is 5.93. The Hall–Kier alpha value is -0.0900. The Balaban J connectivity index is 1.84. The summed E-state index contributed by atoms with van der Waals surface area (Å²) in [5, 5.41) is 0. The molecular formula is C11H21NO2S. The second-order valence-corrected chi connectivity index (χ2v) is 7.55. The number of sulfone groups is 1. The summed E-state index contributed by atoms with van der Waals surface area (Å²) in [4.78, 5) is 2.36. The molecule has 0 N–H and O–H groups in total. The lowest BCUT2D eigenvalue weighted by Gasteiger charge is -2.41. The molecule has 2 aliphatic rings. The lowest BCUT2D eigenvalue weighted by molar-refractivity contribution is 0.0912. The molecule has 15 heavy (non-hydrogen) atoms. The van der Waals surface area contributed by atoms with Gasteiger partial charge >= 0.3 is 0 Å². The van der Waals surface area contributed by atoms with Crippen molar-refractivity contribution in [2.24, 2.45) is 11.8 Å². The summed E-state index contributed by atoms with van der Waals surface area (Å²) in [6.07, 6.45) is 6.81. The van der Waals surface area contributed by atoms with Crippen molar-refractivity contribution in [3.8, 4) is 0 Å². The zero-order valence-electron chi connectivity index (χ0n) is 9.48. The summed E-state index contributed by atoms with van der Waals surface area (Å²) < 4.78 is 22.2. The van der Waals surface area contributed by atoms with Crippen LogP contribution in [0.3, 0.4) is 0 Å². The molecule has 4 heteroatoms. The second-order valence-electron chi connectivity index (χ2n) is 5.29. The number of hydrogen-bond donors (Lipinski definition) is 0. The summed E-state index contributed by atoms with van der Waals surface area (Å²) >= 11 is 0. The fourth-order valence-corrected chi connectivity index (χ4v) is 3.61. The Bertz CT molecular complexity index is 301. The van der Waals surface area contributed by atoms with Crippen molar-refractivity contribution in [1.82, 2.24) is 4.90 Å². The van der Waals surface area contributed by atoms with E-state index in [1.54, 1.807) is 0 Å². The molecule has 1 saturated heterocycles. The molecular weight excluding hydrogens is 210 g/mol. The third kappa shape index (κ3) is 3.45. The van der Waals surface area contributed by atoms with E-state index in [4.69, 9.17) is 0 Å². The van der Waals surface area contributed by atoms with E-state index in [0.717, 1.165) is 31.5 Å². The average Bonchev–Trinajstić information content (AvgIpc) is 2.13. The Morgan fingerprint density at radius 3 is 2.33 bits per heavy atom. The molecule has 2 atom stereocenters. The minimum Gasteiger partial charge on any atom is -0.302 e. The van der Waals surface area contributed by atoms with Gasteiger partial charge in [-0.05, 0) is 31.1 Å². The summed E-state index contributed by atoms with van der Waals surface area (Å²) in [5.74, 6) is 2.01. The van der Waals surface area contributed by atoms with Crippen LogP contribution in [0, 0.1) is 11.8 Å². The quantitative estimate of drug-likeness (QED) is 0.731. The number of nitrogens with zero attached hydrogens (tertiary/aromatic N) is 1. The van der Waals surface area contributed by atoms with Gasteiger partial charge in [0.05, 0.1) is 5.75 Å². The van der Waals surface area contributed by atoms with Gasteiger partial charge in [-0.15, -0.1) is 0 Å². The molecule has 0 aromatic heterocycles. The summed E-state index contributed by atoms with van der Waals surface area (Å²) in [5.41, 5.74) is 0. The molecule has 2 rings (SSSR count). The first-order chi connectivity index (χ1) is 7.03. The first kappa shape index (κ1) is 11.4. The third-order valence-corrected chi connectivity index (χ3v) is 4.63. The van der Waals surface area contributed by atoms with E-state index in [1.807, 2.05) is 0 Å². The molecule has 0 radical (unpaired) electrons. The SMILES string of the molecule is CS(=O)(=O)CCN1C[C@@H]2CCC[C@@H](C2)C1. The van der Waals surface area contributed by atoms with E-state index in [0.29, 0.717) is 5.75 Å². The highest BCUT2D eigenvalue weighted by molar-refractivity contribution is 7.90. The standard InChI is InChI=1S/C11H21NO2S/c1-15(13,14)6-5-12-8-10-3-2-4-11(7-10)9-12/h10-11H,2-9H2,1H3/t10-,11+. The van der Waals surface area contributed by atoms with Crippen molar-refractivity contribution in [3.63, 3.8) is 0 Å².